The van der Waals surface area contributed by atoms with Crippen molar-refractivity contribution in [1.29, 1.82) is 0 Å². The lowest BCUT2D eigenvalue weighted by molar-refractivity contribution is -0.167. The SMILES string of the molecule is CCCCC(=O)N(Cc1ccc(-c2cc(-c3ccccc3)ccc2C2=NCN=N2)cc1)C1(C(=O)O)CCC1. The molecule has 3 aromatic rings. The smallest absolute Gasteiger partial charge is 0.329 e. The molecule has 7 heteroatoms. The fourth-order valence-corrected chi connectivity index (χ4v) is 5.18. The summed E-state index contributed by atoms with van der Waals surface area (Å²) in [4.78, 5) is 31.4. The van der Waals surface area contributed by atoms with E-state index in [9.17, 15) is 14.7 Å². The Morgan fingerprint density at radius 1 is 0.921 bits per heavy atom. The average molecular weight is 509 g/mol. The second-order valence-electron chi connectivity index (χ2n) is 9.96. The molecule has 0 bridgehead atoms. The van der Waals surface area contributed by atoms with Gasteiger partial charge in [0.1, 0.15) is 5.54 Å². The highest BCUT2D eigenvalue weighted by Crippen LogP contribution is 2.40. The van der Waals surface area contributed by atoms with E-state index in [0.29, 0.717) is 31.8 Å². The van der Waals surface area contributed by atoms with E-state index in [4.69, 9.17) is 0 Å². The molecule has 38 heavy (non-hydrogen) atoms. The minimum Gasteiger partial charge on any atom is -0.479 e. The van der Waals surface area contributed by atoms with Crippen molar-refractivity contribution in [3.63, 3.8) is 0 Å². The summed E-state index contributed by atoms with van der Waals surface area (Å²) in [5.41, 5.74) is 4.92. The van der Waals surface area contributed by atoms with Gasteiger partial charge in [0.25, 0.3) is 0 Å². The lowest BCUT2D eigenvalue weighted by atomic mass is 9.74. The van der Waals surface area contributed by atoms with Gasteiger partial charge < -0.3 is 10.0 Å². The van der Waals surface area contributed by atoms with Crippen LogP contribution in [0.25, 0.3) is 22.3 Å². The number of benzene rings is 3. The maximum absolute atomic E-state index is 13.1. The van der Waals surface area contributed by atoms with Crippen LogP contribution < -0.4 is 0 Å². The Morgan fingerprint density at radius 2 is 1.66 bits per heavy atom. The molecular weight excluding hydrogens is 476 g/mol. The number of azo groups is 1. The van der Waals surface area contributed by atoms with Gasteiger partial charge >= 0.3 is 5.97 Å². The van der Waals surface area contributed by atoms with Crippen LogP contribution in [0.3, 0.4) is 0 Å². The van der Waals surface area contributed by atoms with Crippen molar-refractivity contribution in [3.05, 3.63) is 83.9 Å². The number of carboxylic acid groups (broad SMARTS) is 1. The number of amides is 1. The van der Waals surface area contributed by atoms with Crippen LogP contribution in [0, 0.1) is 0 Å². The van der Waals surface area contributed by atoms with E-state index in [1.807, 2.05) is 55.5 Å². The first-order valence-electron chi connectivity index (χ1n) is 13.3. The third-order valence-electron chi connectivity index (χ3n) is 7.56. The number of amidine groups is 1. The molecule has 0 saturated heterocycles. The number of rotatable bonds is 10. The van der Waals surface area contributed by atoms with E-state index in [2.05, 4.69) is 39.5 Å². The van der Waals surface area contributed by atoms with Crippen molar-refractivity contribution in [1.82, 2.24) is 4.90 Å². The molecule has 0 spiro atoms. The molecule has 1 heterocycles. The third-order valence-corrected chi connectivity index (χ3v) is 7.56. The van der Waals surface area contributed by atoms with Gasteiger partial charge in [0.15, 0.2) is 12.5 Å². The van der Waals surface area contributed by atoms with Gasteiger partial charge in [0, 0.05) is 18.5 Å². The van der Waals surface area contributed by atoms with Crippen molar-refractivity contribution >= 4 is 17.7 Å². The minimum atomic E-state index is -1.09. The van der Waals surface area contributed by atoms with Crippen LogP contribution in [-0.2, 0) is 16.1 Å². The van der Waals surface area contributed by atoms with Gasteiger partial charge in [0.2, 0.25) is 5.91 Å². The van der Waals surface area contributed by atoms with Crippen molar-refractivity contribution in [2.75, 3.05) is 6.67 Å². The molecular formula is C31H32N4O3. The summed E-state index contributed by atoms with van der Waals surface area (Å²) >= 11 is 0. The summed E-state index contributed by atoms with van der Waals surface area (Å²) < 4.78 is 0. The summed E-state index contributed by atoms with van der Waals surface area (Å²) in [6, 6.07) is 24.5. The second kappa shape index (κ2) is 11.1. The van der Waals surface area contributed by atoms with Gasteiger partial charge in [0.05, 0.1) is 0 Å². The molecule has 1 amide bonds. The third kappa shape index (κ3) is 5.01. The monoisotopic (exact) mass is 508 g/mol. The van der Waals surface area contributed by atoms with Gasteiger partial charge in [-0.2, -0.15) is 5.11 Å². The summed E-state index contributed by atoms with van der Waals surface area (Å²) in [6.07, 6.45) is 3.85. The van der Waals surface area contributed by atoms with E-state index >= 15 is 0 Å². The van der Waals surface area contributed by atoms with Crippen molar-refractivity contribution in [3.8, 4) is 22.3 Å². The van der Waals surface area contributed by atoms with E-state index in [1.54, 1.807) is 4.90 Å². The quantitative estimate of drug-likeness (QED) is 0.329. The Balaban J connectivity index is 1.47. The first-order chi connectivity index (χ1) is 18.5. The zero-order chi connectivity index (χ0) is 26.5. The molecule has 1 saturated carbocycles. The highest BCUT2D eigenvalue weighted by molar-refractivity contribution is 6.06. The summed E-state index contributed by atoms with van der Waals surface area (Å²) in [5.74, 6) is -0.371. The molecule has 1 fully saturated rings. The van der Waals surface area contributed by atoms with Crippen LogP contribution in [0.1, 0.15) is 56.6 Å². The Kier molecular flexibility index (Phi) is 7.45. The first-order valence-corrected chi connectivity index (χ1v) is 13.3. The van der Waals surface area contributed by atoms with Crippen molar-refractivity contribution in [2.45, 2.75) is 57.5 Å². The van der Waals surface area contributed by atoms with Gasteiger partial charge in [-0.3, -0.25) is 4.79 Å². The van der Waals surface area contributed by atoms with Crippen LogP contribution in [-0.4, -0.2) is 39.9 Å². The molecule has 0 aromatic heterocycles. The fourth-order valence-electron chi connectivity index (χ4n) is 5.18. The lowest BCUT2D eigenvalue weighted by Gasteiger charge is -2.47. The Morgan fingerprint density at radius 3 is 2.26 bits per heavy atom. The largest absolute Gasteiger partial charge is 0.479 e. The van der Waals surface area contributed by atoms with E-state index in [-0.39, 0.29) is 12.5 Å². The Bertz CT molecular complexity index is 1380. The van der Waals surface area contributed by atoms with E-state index < -0.39 is 11.5 Å². The number of nitrogens with zero attached hydrogens (tertiary/aromatic N) is 4. The molecule has 2 aliphatic rings. The number of carbonyl (C=O) groups excluding carboxylic acids is 1. The molecule has 1 aliphatic heterocycles. The second-order valence-corrected chi connectivity index (χ2v) is 9.96. The van der Waals surface area contributed by atoms with E-state index in [1.165, 1.54) is 0 Å². The highest BCUT2D eigenvalue weighted by Gasteiger charge is 2.51. The number of aliphatic imine (C=N–C) groups is 1. The molecule has 5 rings (SSSR count). The Labute approximate surface area is 222 Å². The summed E-state index contributed by atoms with van der Waals surface area (Å²) in [6.45, 7) is 2.65. The molecule has 7 nitrogen and oxygen atoms in total. The van der Waals surface area contributed by atoms with Crippen LogP contribution in [0.5, 0.6) is 0 Å². The first kappa shape index (κ1) is 25.5. The van der Waals surface area contributed by atoms with Crippen molar-refractivity contribution < 1.29 is 14.7 Å². The number of hydrogen-bond donors (Lipinski definition) is 1. The van der Waals surface area contributed by atoms with E-state index in [0.717, 1.165) is 52.6 Å². The van der Waals surface area contributed by atoms with Crippen molar-refractivity contribution in [2.24, 2.45) is 15.2 Å². The van der Waals surface area contributed by atoms with Gasteiger partial charge in [-0.1, -0.05) is 74.0 Å². The predicted octanol–water partition coefficient (Wildman–Crippen LogP) is 6.72. The molecule has 194 valence electrons. The number of hydrogen-bond acceptors (Lipinski definition) is 5. The molecule has 0 radical (unpaired) electrons. The molecule has 1 aliphatic carbocycles. The average Bonchev–Trinajstić information content (AvgIpc) is 3.46. The normalized spacial score (nSPS) is 15.6. The lowest BCUT2D eigenvalue weighted by Crippen LogP contribution is -2.60. The number of aliphatic carboxylic acids is 1. The fraction of sp³-hybridized carbons (Fsp3) is 0.323. The minimum absolute atomic E-state index is 0.0829. The predicted molar refractivity (Wildman–Crippen MR) is 148 cm³/mol. The maximum Gasteiger partial charge on any atom is 0.329 e. The number of carbonyl (C=O) groups is 2. The standard InChI is InChI=1S/C31H32N4O3/c1-2-3-10-28(36)35(31(30(37)38)17-7-18-31)20-22-11-13-24(14-12-22)27-19-25(23-8-5-4-6-9-23)15-16-26(27)29-32-21-33-34-29/h4-6,8-9,11-16,19H,2-3,7,10,17-18,20-21H2,1H3,(H,37,38). The number of carboxylic acids is 1. The summed E-state index contributed by atoms with van der Waals surface area (Å²) in [5, 5.41) is 18.3. The van der Waals surface area contributed by atoms with Gasteiger partial charge in [-0.25, -0.2) is 9.79 Å². The molecule has 0 atom stereocenters. The number of unbranched alkanes of at least 4 members (excludes halogenated alkanes) is 1. The zero-order valence-electron chi connectivity index (χ0n) is 21.6. The molecule has 0 unspecified atom stereocenters. The topological polar surface area (TPSA) is 94.7 Å². The van der Waals surface area contributed by atoms with Crippen LogP contribution >= 0.6 is 0 Å². The zero-order valence-corrected chi connectivity index (χ0v) is 21.6. The van der Waals surface area contributed by atoms with Crippen LogP contribution in [0.2, 0.25) is 0 Å². The summed E-state index contributed by atoms with van der Waals surface area (Å²) in [7, 11) is 0. The Hall–Kier alpha value is -4.13. The maximum atomic E-state index is 13.1. The molecule has 1 N–H and O–H groups in total. The van der Waals surface area contributed by atoms with Gasteiger partial charge in [-0.15, -0.1) is 5.11 Å². The molecule has 3 aromatic carbocycles. The van der Waals surface area contributed by atoms with Gasteiger partial charge in [-0.05, 0) is 65.6 Å². The van der Waals surface area contributed by atoms with Crippen LogP contribution in [0.15, 0.2) is 88.0 Å². The van der Waals surface area contributed by atoms with Crippen LogP contribution in [0.4, 0.5) is 0 Å². The highest BCUT2D eigenvalue weighted by atomic mass is 16.4.